The van der Waals surface area contributed by atoms with Crippen molar-refractivity contribution in [1.82, 2.24) is 10.2 Å². The molecular formula is C34H34N2O3. The second-order valence-electron chi connectivity index (χ2n) is 10.3. The molecule has 1 amide bonds. The highest BCUT2D eigenvalue weighted by molar-refractivity contribution is 5.92. The van der Waals surface area contributed by atoms with Crippen LogP contribution in [0, 0.1) is 0 Å². The third-order valence-corrected chi connectivity index (χ3v) is 7.82. The fourth-order valence-electron chi connectivity index (χ4n) is 5.54. The van der Waals surface area contributed by atoms with Crippen LogP contribution in [0.5, 0.6) is 0 Å². The maximum Gasteiger partial charge on any atom is 0.326 e. The summed E-state index contributed by atoms with van der Waals surface area (Å²) in [7, 11) is 0. The predicted octanol–water partition coefficient (Wildman–Crippen LogP) is 5.70. The number of nitrogens with zero attached hydrogens (tertiary/aromatic N) is 1. The van der Waals surface area contributed by atoms with Crippen LogP contribution < -0.4 is 5.32 Å². The van der Waals surface area contributed by atoms with Crippen LogP contribution in [0.3, 0.4) is 0 Å². The fourth-order valence-corrected chi connectivity index (χ4v) is 5.54. The van der Waals surface area contributed by atoms with Gasteiger partial charge in [0.05, 0.1) is 5.41 Å². The molecule has 0 saturated carbocycles. The van der Waals surface area contributed by atoms with Crippen LogP contribution in [0.2, 0.25) is 0 Å². The Morgan fingerprint density at radius 3 is 1.79 bits per heavy atom. The normalized spacial score (nSPS) is 15.8. The molecule has 5 heteroatoms. The number of rotatable bonds is 9. The summed E-state index contributed by atoms with van der Waals surface area (Å²) in [5.74, 6) is -1.24. The molecule has 0 unspecified atom stereocenters. The molecule has 1 atom stereocenters. The molecule has 2 N–H and O–H groups in total. The van der Waals surface area contributed by atoms with E-state index >= 15 is 0 Å². The summed E-state index contributed by atoms with van der Waals surface area (Å²) in [6, 6.07) is 37.2. The lowest BCUT2D eigenvalue weighted by atomic mass is 9.71. The lowest BCUT2D eigenvalue weighted by Gasteiger charge is -2.41. The number of carboxylic acids is 1. The number of piperidine rings is 1. The van der Waals surface area contributed by atoms with Crippen LogP contribution in [0.25, 0.3) is 11.1 Å². The number of aliphatic carboxylic acids is 1. The number of carboxylic acid groups (broad SMARTS) is 1. The predicted molar refractivity (Wildman–Crippen MR) is 154 cm³/mol. The highest BCUT2D eigenvalue weighted by atomic mass is 16.4. The summed E-state index contributed by atoms with van der Waals surface area (Å²) in [6.07, 6.45) is 1.48. The van der Waals surface area contributed by atoms with Gasteiger partial charge in [-0.2, -0.15) is 0 Å². The first-order valence-electron chi connectivity index (χ1n) is 13.5. The Labute approximate surface area is 230 Å². The van der Waals surface area contributed by atoms with Gasteiger partial charge in [-0.3, -0.25) is 9.69 Å². The summed E-state index contributed by atoms with van der Waals surface area (Å²) in [4.78, 5) is 28.6. The SMILES string of the molecule is O=C(O)[C@H](Cc1ccccc1)NC(=O)C1(c2ccc(-c3ccccc3)cc2)CCN(Cc2ccccc2)CC1. The van der Waals surface area contributed by atoms with E-state index in [0.29, 0.717) is 12.8 Å². The third kappa shape index (κ3) is 6.27. The Morgan fingerprint density at radius 2 is 1.23 bits per heavy atom. The van der Waals surface area contributed by atoms with Gasteiger partial charge in [0, 0.05) is 13.0 Å². The van der Waals surface area contributed by atoms with E-state index in [-0.39, 0.29) is 12.3 Å². The minimum absolute atomic E-state index is 0.211. The van der Waals surface area contributed by atoms with Crippen LogP contribution in [-0.4, -0.2) is 41.0 Å². The molecular weight excluding hydrogens is 484 g/mol. The van der Waals surface area contributed by atoms with Crippen LogP contribution in [0.4, 0.5) is 0 Å². The van der Waals surface area contributed by atoms with Crippen molar-refractivity contribution in [3.05, 3.63) is 132 Å². The number of hydrogen-bond acceptors (Lipinski definition) is 3. The number of benzene rings is 4. The van der Waals surface area contributed by atoms with Crippen LogP contribution >= 0.6 is 0 Å². The molecule has 0 spiro atoms. The lowest BCUT2D eigenvalue weighted by Crippen LogP contribution is -2.55. The van der Waals surface area contributed by atoms with Crippen molar-refractivity contribution < 1.29 is 14.7 Å². The molecule has 5 rings (SSSR count). The van der Waals surface area contributed by atoms with E-state index in [9.17, 15) is 14.7 Å². The molecule has 5 nitrogen and oxygen atoms in total. The van der Waals surface area contributed by atoms with Gasteiger partial charge in [-0.25, -0.2) is 4.79 Å². The zero-order valence-corrected chi connectivity index (χ0v) is 22.0. The van der Waals surface area contributed by atoms with Crippen molar-refractivity contribution in [3.8, 4) is 11.1 Å². The van der Waals surface area contributed by atoms with Crippen LogP contribution in [0.15, 0.2) is 115 Å². The first kappa shape index (κ1) is 26.4. The Morgan fingerprint density at radius 1 is 0.718 bits per heavy atom. The molecule has 198 valence electrons. The van der Waals surface area contributed by atoms with Crippen molar-refractivity contribution >= 4 is 11.9 Å². The average molecular weight is 519 g/mol. The topological polar surface area (TPSA) is 69.6 Å². The van der Waals surface area contributed by atoms with E-state index in [0.717, 1.165) is 41.9 Å². The van der Waals surface area contributed by atoms with Gasteiger partial charge in [-0.1, -0.05) is 115 Å². The van der Waals surface area contributed by atoms with Crippen molar-refractivity contribution in [2.45, 2.75) is 37.3 Å². The molecule has 0 aromatic heterocycles. The van der Waals surface area contributed by atoms with Gasteiger partial charge in [0.25, 0.3) is 0 Å². The maximum absolute atomic E-state index is 14.1. The van der Waals surface area contributed by atoms with E-state index in [1.54, 1.807) is 0 Å². The highest BCUT2D eigenvalue weighted by Crippen LogP contribution is 2.37. The average Bonchev–Trinajstić information content (AvgIpc) is 2.99. The van der Waals surface area contributed by atoms with Crippen molar-refractivity contribution in [3.63, 3.8) is 0 Å². The standard InChI is InChI=1S/C34H34N2O3/c37-32(38)31(24-26-10-4-1-5-11-26)35-33(39)34(20-22-36(23-21-34)25-27-12-6-2-7-13-27)30-18-16-29(17-19-30)28-14-8-3-9-15-28/h1-19,31H,20-25H2,(H,35,39)(H,37,38)/t31-/m0/s1. The highest BCUT2D eigenvalue weighted by Gasteiger charge is 2.44. The lowest BCUT2D eigenvalue weighted by molar-refractivity contribution is -0.143. The first-order valence-corrected chi connectivity index (χ1v) is 13.5. The van der Waals surface area contributed by atoms with E-state index in [1.165, 1.54) is 5.56 Å². The van der Waals surface area contributed by atoms with E-state index in [2.05, 4.69) is 46.6 Å². The molecule has 4 aromatic rings. The third-order valence-electron chi connectivity index (χ3n) is 7.82. The zero-order valence-electron chi connectivity index (χ0n) is 22.0. The van der Waals surface area contributed by atoms with Gasteiger partial charge in [-0.15, -0.1) is 0 Å². The van der Waals surface area contributed by atoms with Gasteiger partial charge in [0.15, 0.2) is 0 Å². The molecule has 1 aliphatic heterocycles. The Balaban J connectivity index is 1.40. The second-order valence-corrected chi connectivity index (χ2v) is 10.3. The molecule has 4 aromatic carbocycles. The summed E-state index contributed by atoms with van der Waals surface area (Å²) in [5, 5.41) is 12.9. The number of carbonyl (C=O) groups is 2. The Hall–Kier alpha value is -4.22. The summed E-state index contributed by atoms with van der Waals surface area (Å²) in [5.41, 5.74) is 4.47. The number of nitrogens with one attached hydrogen (secondary N) is 1. The molecule has 1 heterocycles. The van der Waals surface area contributed by atoms with Gasteiger partial charge in [-0.05, 0) is 53.7 Å². The van der Waals surface area contributed by atoms with Gasteiger partial charge >= 0.3 is 5.97 Å². The molecule has 39 heavy (non-hydrogen) atoms. The van der Waals surface area contributed by atoms with E-state index in [1.807, 2.05) is 78.9 Å². The molecule has 0 bridgehead atoms. The molecule has 1 aliphatic rings. The summed E-state index contributed by atoms with van der Waals surface area (Å²) >= 11 is 0. The minimum atomic E-state index is -1.02. The number of likely N-dealkylation sites (tertiary alicyclic amines) is 1. The van der Waals surface area contributed by atoms with Crippen LogP contribution in [-0.2, 0) is 28.0 Å². The quantitative estimate of drug-likeness (QED) is 0.298. The molecule has 1 fully saturated rings. The zero-order chi connectivity index (χ0) is 27.1. The second kappa shape index (κ2) is 12.1. The summed E-state index contributed by atoms with van der Waals surface area (Å²) < 4.78 is 0. The van der Waals surface area contributed by atoms with Gasteiger partial charge < -0.3 is 10.4 Å². The maximum atomic E-state index is 14.1. The van der Waals surface area contributed by atoms with Crippen molar-refractivity contribution in [2.24, 2.45) is 0 Å². The van der Waals surface area contributed by atoms with Crippen LogP contribution in [0.1, 0.15) is 29.5 Å². The monoisotopic (exact) mass is 518 g/mol. The van der Waals surface area contributed by atoms with E-state index in [4.69, 9.17) is 0 Å². The van der Waals surface area contributed by atoms with Crippen molar-refractivity contribution in [2.75, 3.05) is 13.1 Å². The van der Waals surface area contributed by atoms with Crippen molar-refractivity contribution in [1.29, 1.82) is 0 Å². The number of hydrogen-bond donors (Lipinski definition) is 2. The van der Waals surface area contributed by atoms with Gasteiger partial charge in [0.2, 0.25) is 5.91 Å². The number of amides is 1. The fraction of sp³-hybridized carbons (Fsp3) is 0.235. The Kier molecular flexibility index (Phi) is 8.18. The first-order chi connectivity index (χ1) is 19.0. The minimum Gasteiger partial charge on any atom is -0.480 e. The summed E-state index contributed by atoms with van der Waals surface area (Å²) in [6.45, 7) is 2.33. The smallest absolute Gasteiger partial charge is 0.326 e. The largest absolute Gasteiger partial charge is 0.480 e. The molecule has 0 aliphatic carbocycles. The Bertz CT molecular complexity index is 1360. The number of carbonyl (C=O) groups excluding carboxylic acids is 1. The van der Waals surface area contributed by atoms with E-state index < -0.39 is 17.4 Å². The van der Waals surface area contributed by atoms with Gasteiger partial charge in [0.1, 0.15) is 6.04 Å². The molecule has 0 radical (unpaired) electrons. The molecule has 1 saturated heterocycles.